The minimum atomic E-state index is -0.758. The van der Waals surface area contributed by atoms with Crippen molar-refractivity contribution < 1.29 is 9.53 Å². The normalized spacial score (nSPS) is 19.0. The van der Waals surface area contributed by atoms with Crippen molar-refractivity contribution in [3.05, 3.63) is 35.4 Å². The summed E-state index contributed by atoms with van der Waals surface area (Å²) in [6, 6.07) is 8.56. The molecule has 116 valence electrons. The van der Waals surface area contributed by atoms with E-state index in [0.29, 0.717) is 12.6 Å². The highest BCUT2D eigenvalue weighted by atomic mass is 16.5. The molecule has 0 saturated heterocycles. The maximum Gasteiger partial charge on any atom is 0.330 e. The maximum absolute atomic E-state index is 12.5. The van der Waals surface area contributed by atoms with E-state index in [1.807, 2.05) is 26.0 Å². The molecule has 0 aromatic heterocycles. The number of carbonyl (C=O) groups excluding carboxylic acids is 1. The van der Waals surface area contributed by atoms with Crippen LogP contribution in [0.2, 0.25) is 0 Å². The van der Waals surface area contributed by atoms with Gasteiger partial charge in [0.15, 0.2) is 0 Å². The van der Waals surface area contributed by atoms with Crippen molar-refractivity contribution in [3.8, 4) is 0 Å². The van der Waals surface area contributed by atoms with E-state index < -0.39 is 5.54 Å². The molecular formula is C18H27NO2. The Labute approximate surface area is 128 Å². The molecule has 0 radical (unpaired) electrons. The molecule has 0 heterocycles. The maximum atomic E-state index is 12.5. The van der Waals surface area contributed by atoms with Crippen LogP contribution in [0.4, 0.5) is 0 Å². The molecule has 1 fully saturated rings. The Bertz CT molecular complexity index is 463. The highest BCUT2D eigenvalue weighted by Gasteiger charge is 2.38. The molecule has 1 atom stereocenters. The van der Waals surface area contributed by atoms with E-state index in [4.69, 9.17) is 4.74 Å². The first-order chi connectivity index (χ1) is 10.1. The summed E-state index contributed by atoms with van der Waals surface area (Å²) in [5.74, 6) is -0.181. The minimum Gasteiger partial charge on any atom is -0.464 e. The van der Waals surface area contributed by atoms with Crippen LogP contribution in [0, 0.1) is 6.92 Å². The van der Waals surface area contributed by atoms with Gasteiger partial charge in [-0.15, -0.1) is 0 Å². The zero-order chi connectivity index (χ0) is 15.3. The van der Waals surface area contributed by atoms with Crippen LogP contribution in [0.1, 0.15) is 57.1 Å². The lowest BCUT2D eigenvalue weighted by atomic mass is 9.87. The van der Waals surface area contributed by atoms with Crippen LogP contribution < -0.4 is 5.32 Å². The fraction of sp³-hybridized carbons (Fsp3) is 0.611. The SMILES string of the molecule is CCOC(=O)C(C)(NC1CCCCC1)c1ccc(C)cc1. The van der Waals surface area contributed by atoms with Gasteiger partial charge in [-0.05, 0) is 39.2 Å². The number of hydrogen-bond donors (Lipinski definition) is 1. The van der Waals surface area contributed by atoms with E-state index >= 15 is 0 Å². The van der Waals surface area contributed by atoms with Crippen LogP contribution in [0.5, 0.6) is 0 Å². The van der Waals surface area contributed by atoms with Gasteiger partial charge in [-0.2, -0.15) is 0 Å². The van der Waals surface area contributed by atoms with Gasteiger partial charge in [-0.25, -0.2) is 4.79 Å². The number of esters is 1. The number of rotatable bonds is 5. The second-order valence-electron chi connectivity index (χ2n) is 6.19. The minimum absolute atomic E-state index is 0.181. The third-order valence-electron chi connectivity index (χ3n) is 4.41. The van der Waals surface area contributed by atoms with Crippen molar-refractivity contribution >= 4 is 5.97 Å². The summed E-state index contributed by atoms with van der Waals surface area (Å²) in [6.07, 6.45) is 6.06. The summed E-state index contributed by atoms with van der Waals surface area (Å²) in [7, 11) is 0. The molecular weight excluding hydrogens is 262 g/mol. The highest BCUT2D eigenvalue weighted by molar-refractivity contribution is 5.82. The fourth-order valence-corrected chi connectivity index (χ4v) is 3.08. The van der Waals surface area contributed by atoms with Gasteiger partial charge in [0, 0.05) is 6.04 Å². The summed E-state index contributed by atoms with van der Waals surface area (Å²) in [4.78, 5) is 12.5. The van der Waals surface area contributed by atoms with Crippen molar-refractivity contribution in [1.82, 2.24) is 5.32 Å². The van der Waals surface area contributed by atoms with Gasteiger partial charge < -0.3 is 4.74 Å². The molecule has 2 rings (SSSR count). The third-order valence-corrected chi connectivity index (χ3v) is 4.41. The molecule has 1 aliphatic rings. The predicted molar refractivity (Wildman–Crippen MR) is 85.2 cm³/mol. The quantitative estimate of drug-likeness (QED) is 0.840. The average Bonchev–Trinajstić information content (AvgIpc) is 2.49. The topological polar surface area (TPSA) is 38.3 Å². The standard InChI is InChI=1S/C18H27NO2/c1-4-21-17(20)18(3,15-12-10-14(2)11-13-15)19-16-8-6-5-7-9-16/h10-13,16,19H,4-9H2,1-3H3. The lowest BCUT2D eigenvalue weighted by Crippen LogP contribution is -2.52. The molecule has 1 unspecified atom stereocenters. The Morgan fingerprint density at radius 2 is 1.86 bits per heavy atom. The van der Waals surface area contributed by atoms with E-state index in [-0.39, 0.29) is 5.97 Å². The predicted octanol–water partition coefficient (Wildman–Crippen LogP) is 3.70. The van der Waals surface area contributed by atoms with Gasteiger partial charge in [0.05, 0.1) is 6.61 Å². The molecule has 3 nitrogen and oxygen atoms in total. The Kier molecular flexibility index (Phi) is 5.40. The molecule has 21 heavy (non-hydrogen) atoms. The second kappa shape index (κ2) is 7.08. The van der Waals surface area contributed by atoms with Crippen molar-refractivity contribution in [3.63, 3.8) is 0 Å². The average molecular weight is 289 g/mol. The largest absolute Gasteiger partial charge is 0.464 e. The lowest BCUT2D eigenvalue weighted by molar-refractivity contribution is -0.151. The van der Waals surface area contributed by atoms with E-state index in [1.54, 1.807) is 0 Å². The Balaban J connectivity index is 2.24. The Morgan fingerprint density at radius 1 is 1.24 bits per heavy atom. The molecule has 1 aromatic carbocycles. The number of benzene rings is 1. The van der Waals surface area contributed by atoms with Crippen molar-refractivity contribution in [2.75, 3.05) is 6.61 Å². The van der Waals surface area contributed by atoms with Crippen molar-refractivity contribution in [2.24, 2.45) is 0 Å². The van der Waals surface area contributed by atoms with Gasteiger partial charge in [-0.3, -0.25) is 5.32 Å². The first kappa shape index (κ1) is 16.0. The summed E-state index contributed by atoms with van der Waals surface area (Å²) >= 11 is 0. The number of ether oxygens (including phenoxy) is 1. The van der Waals surface area contributed by atoms with Gasteiger partial charge >= 0.3 is 5.97 Å². The zero-order valence-electron chi connectivity index (χ0n) is 13.4. The van der Waals surface area contributed by atoms with E-state index in [0.717, 1.165) is 18.4 Å². The Morgan fingerprint density at radius 3 is 2.43 bits per heavy atom. The van der Waals surface area contributed by atoms with Crippen molar-refractivity contribution in [1.29, 1.82) is 0 Å². The number of carbonyl (C=O) groups is 1. The van der Waals surface area contributed by atoms with Gasteiger partial charge in [-0.1, -0.05) is 49.1 Å². The van der Waals surface area contributed by atoms with E-state index in [9.17, 15) is 4.79 Å². The monoisotopic (exact) mass is 289 g/mol. The molecule has 1 aromatic rings. The second-order valence-corrected chi connectivity index (χ2v) is 6.19. The van der Waals surface area contributed by atoms with E-state index in [1.165, 1.54) is 24.8 Å². The van der Waals surface area contributed by atoms with Crippen molar-refractivity contribution in [2.45, 2.75) is 64.5 Å². The van der Waals surface area contributed by atoms with Gasteiger partial charge in [0.2, 0.25) is 0 Å². The molecule has 0 spiro atoms. The van der Waals surface area contributed by atoms with Crippen LogP contribution in [0.15, 0.2) is 24.3 Å². The zero-order valence-corrected chi connectivity index (χ0v) is 13.4. The fourth-order valence-electron chi connectivity index (χ4n) is 3.08. The summed E-state index contributed by atoms with van der Waals surface area (Å²) in [5, 5.41) is 3.58. The molecule has 3 heteroatoms. The number of aryl methyl sites for hydroxylation is 1. The van der Waals surface area contributed by atoms with Crippen LogP contribution in [0.25, 0.3) is 0 Å². The molecule has 1 N–H and O–H groups in total. The molecule has 0 aliphatic heterocycles. The highest BCUT2D eigenvalue weighted by Crippen LogP contribution is 2.27. The van der Waals surface area contributed by atoms with Gasteiger partial charge in [0.1, 0.15) is 5.54 Å². The molecule has 0 amide bonds. The van der Waals surface area contributed by atoms with Crippen LogP contribution in [-0.2, 0) is 15.1 Å². The molecule has 1 saturated carbocycles. The van der Waals surface area contributed by atoms with Crippen LogP contribution >= 0.6 is 0 Å². The first-order valence-electron chi connectivity index (χ1n) is 8.08. The lowest BCUT2D eigenvalue weighted by Gasteiger charge is -2.35. The summed E-state index contributed by atoms with van der Waals surface area (Å²) < 4.78 is 5.33. The number of hydrogen-bond acceptors (Lipinski definition) is 3. The van der Waals surface area contributed by atoms with Gasteiger partial charge in [0.25, 0.3) is 0 Å². The first-order valence-corrected chi connectivity index (χ1v) is 8.08. The van der Waals surface area contributed by atoms with Crippen LogP contribution in [-0.4, -0.2) is 18.6 Å². The van der Waals surface area contributed by atoms with Crippen LogP contribution in [0.3, 0.4) is 0 Å². The summed E-state index contributed by atoms with van der Waals surface area (Å²) in [5.41, 5.74) is 1.42. The smallest absolute Gasteiger partial charge is 0.330 e. The Hall–Kier alpha value is -1.35. The number of nitrogens with one attached hydrogen (secondary N) is 1. The summed E-state index contributed by atoms with van der Waals surface area (Å²) in [6.45, 7) is 6.27. The van der Waals surface area contributed by atoms with E-state index in [2.05, 4.69) is 24.4 Å². The molecule has 0 bridgehead atoms. The third kappa shape index (κ3) is 3.85. The molecule has 1 aliphatic carbocycles.